The summed E-state index contributed by atoms with van der Waals surface area (Å²) in [4.78, 5) is 14.0. The molecule has 1 aromatic rings. The molecule has 2 rings (SSSR count). The van der Waals surface area contributed by atoms with Crippen molar-refractivity contribution in [3.05, 3.63) is 29.8 Å². The Morgan fingerprint density at radius 3 is 2.52 bits per heavy atom. The molecule has 0 aromatic heterocycles. The van der Waals surface area contributed by atoms with Gasteiger partial charge in [-0.2, -0.15) is 0 Å². The van der Waals surface area contributed by atoms with Crippen LogP contribution in [0.2, 0.25) is 0 Å². The zero-order valence-electron chi connectivity index (χ0n) is 13.0. The number of hydrogen-bond acceptors (Lipinski definition) is 3. The molecule has 1 fully saturated rings. The van der Waals surface area contributed by atoms with E-state index in [0.717, 1.165) is 11.3 Å². The van der Waals surface area contributed by atoms with E-state index in [1.54, 1.807) is 4.90 Å². The summed E-state index contributed by atoms with van der Waals surface area (Å²) < 4.78 is 5.41. The highest BCUT2D eigenvalue weighted by Crippen LogP contribution is 2.20. The molecular formula is C16H25ClN2O2. The second-order valence-electron chi connectivity index (χ2n) is 5.43. The van der Waals surface area contributed by atoms with Crippen molar-refractivity contribution in [1.29, 1.82) is 0 Å². The standard InChI is InChI=1S/C16H24N2O2.ClH/c1-4-20-15-9-5-13(6-10-15)11-18(3)16(19)12(2)17-14-7-8-14;/h5-6,9-10,12,14,17H,4,7-8,11H2,1-3H3;1H. The summed E-state index contributed by atoms with van der Waals surface area (Å²) in [5, 5.41) is 3.33. The Balaban J connectivity index is 0.00000220. The molecule has 1 atom stereocenters. The second-order valence-corrected chi connectivity index (χ2v) is 5.43. The highest BCUT2D eigenvalue weighted by molar-refractivity contribution is 5.85. The van der Waals surface area contributed by atoms with Crippen LogP contribution in [0.4, 0.5) is 0 Å². The molecule has 1 aromatic carbocycles. The molecule has 1 saturated carbocycles. The number of nitrogens with zero attached hydrogens (tertiary/aromatic N) is 1. The van der Waals surface area contributed by atoms with Crippen LogP contribution in [0.3, 0.4) is 0 Å². The third kappa shape index (κ3) is 5.56. The fourth-order valence-electron chi connectivity index (χ4n) is 2.21. The zero-order chi connectivity index (χ0) is 14.5. The molecule has 0 saturated heterocycles. The van der Waals surface area contributed by atoms with E-state index in [0.29, 0.717) is 19.2 Å². The summed E-state index contributed by atoms with van der Waals surface area (Å²) in [5.41, 5.74) is 1.11. The topological polar surface area (TPSA) is 41.6 Å². The fourth-order valence-corrected chi connectivity index (χ4v) is 2.21. The maximum atomic E-state index is 12.2. The lowest BCUT2D eigenvalue weighted by molar-refractivity contribution is -0.132. The summed E-state index contributed by atoms with van der Waals surface area (Å²) in [7, 11) is 1.85. The summed E-state index contributed by atoms with van der Waals surface area (Å²) >= 11 is 0. The van der Waals surface area contributed by atoms with Crippen molar-refractivity contribution in [2.75, 3.05) is 13.7 Å². The minimum absolute atomic E-state index is 0. The van der Waals surface area contributed by atoms with Crippen LogP contribution in [0, 0.1) is 0 Å². The van der Waals surface area contributed by atoms with Crippen molar-refractivity contribution in [2.24, 2.45) is 0 Å². The monoisotopic (exact) mass is 312 g/mol. The molecule has 0 bridgehead atoms. The molecule has 1 N–H and O–H groups in total. The van der Waals surface area contributed by atoms with Gasteiger partial charge in [-0.3, -0.25) is 4.79 Å². The molecule has 1 aliphatic rings. The van der Waals surface area contributed by atoms with Gasteiger partial charge in [0.1, 0.15) is 5.75 Å². The normalized spacial score (nSPS) is 15.0. The Morgan fingerprint density at radius 1 is 1.38 bits per heavy atom. The highest BCUT2D eigenvalue weighted by Gasteiger charge is 2.26. The summed E-state index contributed by atoms with van der Waals surface area (Å²) in [6.45, 7) is 5.20. The van der Waals surface area contributed by atoms with Crippen LogP contribution in [-0.2, 0) is 11.3 Å². The van der Waals surface area contributed by atoms with Gasteiger partial charge in [-0.1, -0.05) is 12.1 Å². The average molecular weight is 313 g/mol. The molecule has 21 heavy (non-hydrogen) atoms. The second kappa shape index (κ2) is 8.25. The molecule has 118 valence electrons. The number of amides is 1. The van der Waals surface area contributed by atoms with E-state index in [2.05, 4.69) is 5.32 Å². The van der Waals surface area contributed by atoms with Crippen LogP contribution < -0.4 is 10.1 Å². The maximum absolute atomic E-state index is 12.2. The van der Waals surface area contributed by atoms with Crippen LogP contribution in [-0.4, -0.2) is 36.5 Å². The number of hydrogen-bond donors (Lipinski definition) is 1. The predicted molar refractivity (Wildman–Crippen MR) is 87.0 cm³/mol. The Kier molecular flexibility index (Phi) is 6.99. The van der Waals surface area contributed by atoms with Gasteiger partial charge in [-0.25, -0.2) is 0 Å². The Labute approximate surface area is 133 Å². The van der Waals surface area contributed by atoms with Crippen molar-refractivity contribution in [1.82, 2.24) is 10.2 Å². The molecule has 4 nitrogen and oxygen atoms in total. The van der Waals surface area contributed by atoms with Gasteiger partial charge in [0, 0.05) is 19.6 Å². The van der Waals surface area contributed by atoms with E-state index >= 15 is 0 Å². The van der Waals surface area contributed by atoms with Crippen LogP contribution >= 0.6 is 12.4 Å². The molecular weight excluding hydrogens is 288 g/mol. The van der Waals surface area contributed by atoms with Gasteiger partial charge in [0.15, 0.2) is 0 Å². The number of rotatable bonds is 7. The minimum atomic E-state index is -0.102. The van der Waals surface area contributed by atoms with E-state index in [1.807, 2.05) is 45.2 Å². The highest BCUT2D eigenvalue weighted by atomic mass is 35.5. The molecule has 0 spiro atoms. The van der Waals surface area contributed by atoms with Crippen molar-refractivity contribution in [3.8, 4) is 5.75 Å². The number of ether oxygens (including phenoxy) is 1. The molecule has 5 heteroatoms. The van der Waals surface area contributed by atoms with Crippen molar-refractivity contribution >= 4 is 18.3 Å². The number of nitrogens with one attached hydrogen (secondary N) is 1. The van der Waals surface area contributed by atoms with Gasteiger partial charge in [-0.05, 0) is 44.4 Å². The van der Waals surface area contributed by atoms with Crippen molar-refractivity contribution in [3.63, 3.8) is 0 Å². The van der Waals surface area contributed by atoms with E-state index in [9.17, 15) is 4.79 Å². The van der Waals surface area contributed by atoms with Crippen molar-refractivity contribution < 1.29 is 9.53 Å². The van der Waals surface area contributed by atoms with E-state index in [4.69, 9.17) is 4.74 Å². The van der Waals surface area contributed by atoms with Crippen molar-refractivity contribution in [2.45, 2.75) is 45.3 Å². The SMILES string of the molecule is CCOc1ccc(CN(C)C(=O)C(C)NC2CC2)cc1.Cl. The number of halogens is 1. The third-order valence-corrected chi connectivity index (χ3v) is 3.46. The van der Waals surface area contributed by atoms with E-state index in [1.165, 1.54) is 12.8 Å². The van der Waals surface area contributed by atoms with Gasteiger partial charge in [0.25, 0.3) is 0 Å². The molecule has 1 aliphatic carbocycles. The summed E-state index contributed by atoms with van der Waals surface area (Å²) in [6.07, 6.45) is 2.39. The number of likely N-dealkylation sites (N-methyl/N-ethyl adjacent to an activating group) is 1. The van der Waals surface area contributed by atoms with Gasteiger partial charge in [0.2, 0.25) is 5.91 Å². The molecule has 0 radical (unpaired) electrons. The van der Waals surface area contributed by atoms with E-state index < -0.39 is 0 Å². The average Bonchev–Trinajstić information content (AvgIpc) is 3.24. The Bertz CT molecular complexity index is 446. The lowest BCUT2D eigenvalue weighted by atomic mass is 10.2. The molecule has 1 amide bonds. The molecule has 1 unspecified atom stereocenters. The maximum Gasteiger partial charge on any atom is 0.239 e. The number of benzene rings is 1. The lowest BCUT2D eigenvalue weighted by Crippen LogP contribution is -2.43. The Hall–Kier alpha value is -1.26. The summed E-state index contributed by atoms with van der Waals surface area (Å²) in [6, 6.07) is 8.36. The lowest BCUT2D eigenvalue weighted by Gasteiger charge is -2.22. The smallest absolute Gasteiger partial charge is 0.239 e. The van der Waals surface area contributed by atoms with Gasteiger partial charge in [-0.15, -0.1) is 12.4 Å². The van der Waals surface area contributed by atoms with Crippen LogP contribution in [0.5, 0.6) is 5.75 Å². The first-order valence-corrected chi connectivity index (χ1v) is 7.33. The predicted octanol–water partition coefficient (Wildman–Crippen LogP) is 2.61. The third-order valence-electron chi connectivity index (χ3n) is 3.46. The van der Waals surface area contributed by atoms with Crippen LogP contribution in [0.25, 0.3) is 0 Å². The fraction of sp³-hybridized carbons (Fsp3) is 0.562. The number of carbonyl (C=O) groups excluding carboxylic acids is 1. The first-order chi connectivity index (χ1) is 9.60. The van der Waals surface area contributed by atoms with E-state index in [-0.39, 0.29) is 24.4 Å². The van der Waals surface area contributed by atoms with Gasteiger partial charge >= 0.3 is 0 Å². The largest absolute Gasteiger partial charge is 0.494 e. The molecule has 0 heterocycles. The minimum Gasteiger partial charge on any atom is -0.494 e. The quantitative estimate of drug-likeness (QED) is 0.841. The first-order valence-electron chi connectivity index (χ1n) is 7.33. The van der Waals surface area contributed by atoms with Crippen LogP contribution in [0.15, 0.2) is 24.3 Å². The van der Waals surface area contributed by atoms with Gasteiger partial charge < -0.3 is 15.0 Å². The number of carbonyl (C=O) groups is 1. The van der Waals surface area contributed by atoms with Gasteiger partial charge in [0.05, 0.1) is 12.6 Å². The summed E-state index contributed by atoms with van der Waals surface area (Å²) in [5.74, 6) is 1.01. The van der Waals surface area contributed by atoms with Crippen LogP contribution in [0.1, 0.15) is 32.3 Å². The first kappa shape index (κ1) is 17.8. The molecule has 0 aliphatic heterocycles. The Morgan fingerprint density at radius 2 is 2.00 bits per heavy atom. The zero-order valence-corrected chi connectivity index (χ0v) is 13.8.